The van der Waals surface area contributed by atoms with Crippen LogP contribution in [0.15, 0.2) is 36.4 Å². The second-order valence-electron chi connectivity index (χ2n) is 5.68. The van der Waals surface area contributed by atoms with E-state index in [1.54, 1.807) is 25.1 Å². The van der Waals surface area contributed by atoms with E-state index in [1.165, 1.54) is 19.2 Å². The van der Waals surface area contributed by atoms with Gasteiger partial charge in [0.25, 0.3) is 0 Å². The van der Waals surface area contributed by atoms with Gasteiger partial charge in [-0.25, -0.2) is 18.6 Å². The molecule has 1 N–H and O–H groups in total. The SMILES string of the molecule is COC(=O)c1nc(C)c2cc(Cc3ccc(F)cc3F)ccc2c1O. The quantitative estimate of drug-likeness (QED) is 0.733. The first-order chi connectivity index (χ1) is 11.9. The zero-order valence-electron chi connectivity index (χ0n) is 13.6. The number of carbonyl (C=O) groups excluding carboxylic acids is 1. The molecule has 0 unspecified atom stereocenters. The number of esters is 1. The summed E-state index contributed by atoms with van der Waals surface area (Å²) < 4.78 is 31.5. The number of pyridine rings is 1. The number of hydrogen-bond donors (Lipinski definition) is 1. The van der Waals surface area contributed by atoms with Crippen LogP contribution in [0.3, 0.4) is 0 Å². The highest BCUT2D eigenvalue weighted by Gasteiger charge is 2.18. The van der Waals surface area contributed by atoms with Crippen molar-refractivity contribution >= 4 is 16.7 Å². The first-order valence-corrected chi connectivity index (χ1v) is 7.55. The Balaban J connectivity index is 2.06. The van der Waals surface area contributed by atoms with Crippen LogP contribution < -0.4 is 0 Å². The van der Waals surface area contributed by atoms with Crippen molar-refractivity contribution in [3.8, 4) is 5.75 Å². The Bertz CT molecular complexity index is 986. The van der Waals surface area contributed by atoms with Crippen molar-refractivity contribution in [2.75, 3.05) is 7.11 Å². The van der Waals surface area contributed by atoms with Gasteiger partial charge >= 0.3 is 5.97 Å². The summed E-state index contributed by atoms with van der Waals surface area (Å²) in [5, 5.41) is 11.4. The summed E-state index contributed by atoms with van der Waals surface area (Å²) in [6, 6.07) is 8.57. The van der Waals surface area contributed by atoms with Crippen molar-refractivity contribution in [3.63, 3.8) is 0 Å². The van der Waals surface area contributed by atoms with Gasteiger partial charge in [-0.3, -0.25) is 0 Å². The van der Waals surface area contributed by atoms with Crippen molar-refractivity contribution in [2.24, 2.45) is 0 Å². The van der Waals surface area contributed by atoms with E-state index in [2.05, 4.69) is 9.72 Å². The Labute approximate surface area is 142 Å². The van der Waals surface area contributed by atoms with Gasteiger partial charge in [0.05, 0.1) is 7.11 Å². The number of ether oxygens (including phenoxy) is 1. The van der Waals surface area contributed by atoms with Crippen LogP contribution in [-0.4, -0.2) is 23.2 Å². The van der Waals surface area contributed by atoms with E-state index in [0.29, 0.717) is 22.0 Å². The molecule has 4 nitrogen and oxygen atoms in total. The molecule has 128 valence electrons. The van der Waals surface area contributed by atoms with Gasteiger partial charge in [0, 0.05) is 29.0 Å². The maximum absolute atomic E-state index is 13.8. The molecule has 0 aliphatic carbocycles. The van der Waals surface area contributed by atoms with Crippen molar-refractivity contribution in [1.29, 1.82) is 0 Å². The zero-order valence-corrected chi connectivity index (χ0v) is 13.6. The summed E-state index contributed by atoms with van der Waals surface area (Å²) >= 11 is 0. The number of aromatic hydroxyl groups is 1. The van der Waals surface area contributed by atoms with Crippen LogP contribution in [-0.2, 0) is 11.2 Å². The lowest BCUT2D eigenvalue weighted by Gasteiger charge is -2.11. The predicted molar refractivity (Wildman–Crippen MR) is 88.6 cm³/mol. The number of rotatable bonds is 3. The van der Waals surface area contributed by atoms with Crippen LogP contribution in [0.2, 0.25) is 0 Å². The molecule has 0 aliphatic heterocycles. The van der Waals surface area contributed by atoms with Gasteiger partial charge in [0.15, 0.2) is 11.4 Å². The van der Waals surface area contributed by atoms with Crippen molar-refractivity contribution in [3.05, 3.63) is 70.5 Å². The third-order valence-electron chi connectivity index (χ3n) is 4.02. The normalized spacial score (nSPS) is 10.9. The second-order valence-corrected chi connectivity index (χ2v) is 5.68. The number of hydrogen-bond acceptors (Lipinski definition) is 4. The Kier molecular flexibility index (Phi) is 4.35. The molecule has 25 heavy (non-hydrogen) atoms. The van der Waals surface area contributed by atoms with Crippen LogP contribution in [0.5, 0.6) is 5.75 Å². The molecule has 1 aromatic heterocycles. The standard InChI is InChI=1S/C19H15F2NO3/c1-10-15-8-11(7-12-4-5-13(20)9-16(12)21)3-6-14(15)18(23)17(22-10)19(24)25-2/h3-6,8-9,23H,7H2,1-2H3. The highest BCUT2D eigenvalue weighted by molar-refractivity contribution is 6.00. The molecule has 3 aromatic rings. The fourth-order valence-electron chi connectivity index (χ4n) is 2.74. The number of nitrogens with zero attached hydrogens (tertiary/aromatic N) is 1. The summed E-state index contributed by atoms with van der Waals surface area (Å²) in [7, 11) is 1.21. The molecule has 0 amide bonds. The first-order valence-electron chi connectivity index (χ1n) is 7.55. The van der Waals surface area contributed by atoms with E-state index in [9.17, 15) is 18.7 Å². The molecule has 1 heterocycles. The second kappa shape index (κ2) is 6.47. The highest BCUT2D eigenvalue weighted by atomic mass is 19.1. The molecule has 2 aromatic carbocycles. The zero-order chi connectivity index (χ0) is 18.1. The molecule has 0 radical (unpaired) electrons. The summed E-state index contributed by atoms with van der Waals surface area (Å²) in [6.07, 6.45) is 0.265. The first kappa shape index (κ1) is 16.8. The summed E-state index contributed by atoms with van der Waals surface area (Å²) in [6.45, 7) is 1.70. The molecule has 0 aliphatic rings. The average Bonchev–Trinajstić information content (AvgIpc) is 2.60. The molecule has 0 bridgehead atoms. The van der Waals surface area contributed by atoms with Gasteiger partial charge in [-0.15, -0.1) is 0 Å². The Morgan fingerprint density at radius 3 is 2.60 bits per heavy atom. The Morgan fingerprint density at radius 1 is 1.16 bits per heavy atom. The van der Waals surface area contributed by atoms with Crippen molar-refractivity contribution < 1.29 is 23.4 Å². The molecule has 6 heteroatoms. The number of methoxy groups -OCH3 is 1. The molecular weight excluding hydrogens is 328 g/mol. The summed E-state index contributed by atoms with van der Waals surface area (Å²) in [5.74, 6) is -2.22. The van der Waals surface area contributed by atoms with Gasteiger partial charge in [-0.1, -0.05) is 18.2 Å². The lowest BCUT2D eigenvalue weighted by molar-refractivity contribution is 0.0590. The van der Waals surface area contributed by atoms with E-state index >= 15 is 0 Å². The van der Waals surface area contributed by atoms with Gasteiger partial charge < -0.3 is 9.84 Å². The van der Waals surface area contributed by atoms with E-state index in [-0.39, 0.29) is 17.9 Å². The average molecular weight is 343 g/mol. The smallest absolute Gasteiger partial charge is 0.360 e. The number of fused-ring (bicyclic) bond motifs is 1. The molecule has 0 saturated carbocycles. The molecule has 0 saturated heterocycles. The third kappa shape index (κ3) is 3.15. The highest BCUT2D eigenvalue weighted by Crippen LogP contribution is 2.31. The van der Waals surface area contributed by atoms with Crippen LogP contribution in [0.4, 0.5) is 8.78 Å². The van der Waals surface area contributed by atoms with Crippen LogP contribution in [0.1, 0.15) is 27.3 Å². The maximum atomic E-state index is 13.8. The van der Waals surface area contributed by atoms with E-state index in [1.807, 2.05) is 0 Å². The molecule has 0 fully saturated rings. The topological polar surface area (TPSA) is 59.4 Å². The monoisotopic (exact) mass is 343 g/mol. The fraction of sp³-hybridized carbons (Fsp3) is 0.158. The fourth-order valence-corrected chi connectivity index (χ4v) is 2.74. The molecular formula is C19H15F2NO3. The minimum atomic E-state index is -0.722. The molecule has 3 rings (SSSR count). The predicted octanol–water partition coefficient (Wildman–Crippen LogP) is 3.90. The number of carbonyl (C=O) groups is 1. The Hall–Kier alpha value is -3.02. The van der Waals surface area contributed by atoms with Crippen LogP contribution >= 0.6 is 0 Å². The van der Waals surface area contributed by atoms with Gasteiger partial charge in [-0.2, -0.15) is 0 Å². The largest absolute Gasteiger partial charge is 0.505 e. The lowest BCUT2D eigenvalue weighted by atomic mass is 9.99. The number of aromatic nitrogens is 1. The number of aryl methyl sites for hydroxylation is 1. The molecule has 0 spiro atoms. The minimum Gasteiger partial charge on any atom is -0.505 e. The van der Waals surface area contributed by atoms with Gasteiger partial charge in [0.1, 0.15) is 11.6 Å². The molecule has 0 atom stereocenters. The van der Waals surface area contributed by atoms with Crippen LogP contribution in [0.25, 0.3) is 10.8 Å². The summed E-state index contributed by atoms with van der Waals surface area (Å²) in [4.78, 5) is 15.8. The summed E-state index contributed by atoms with van der Waals surface area (Å²) in [5.41, 5.74) is 1.52. The van der Waals surface area contributed by atoms with E-state index in [0.717, 1.165) is 11.6 Å². The van der Waals surface area contributed by atoms with Crippen molar-refractivity contribution in [1.82, 2.24) is 4.98 Å². The minimum absolute atomic E-state index is 0.148. The van der Waals surface area contributed by atoms with Crippen LogP contribution in [0, 0.1) is 18.6 Å². The number of halogens is 2. The van der Waals surface area contributed by atoms with E-state index in [4.69, 9.17) is 0 Å². The number of benzene rings is 2. The lowest BCUT2D eigenvalue weighted by Crippen LogP contribution is -2.06. The van der Waals surface area contributed by atoms with Gasteiger partial charge in [-0.05, 0) is 30.2 Å². The van der Waals surface area contributed by atoms with Crippen molar-refractivity contribution in [2.45, 2.75) is 13.3 Å². The third-order valence-corrected chi connectivity index (χ3v) is 4.02. The maximum Gasteiger partial charge on any atom is 0.360 e. The van der Waals surface area contributed by atoms with E-state index < -0.39 is 17.6 Å². The Morgan fingerprint density at radius 2 is 1.92 bits per heavy atom. The van der Waals surface area contributed by atoms with Gasteiger partial charge in [0.2, 0.25) is 0 Å².